The average Bonchev–Trinajstić information content (AvgIpc) is 2.65. The van der Waals surface area contributed by atoms with Crippen LogP contribution in [-0.4, -0.2) is 71.2 Å². The van der Waals surface area contributed by atoms with E-state index in [-0.39, 0.29) is 12.2 Å². The number of carbonyl (C=O) groups excluding carboxylic acids is 4. The van der Waals surface area contributed by atoms with E-state index in [1.807, 2.05) is 0 Å². The zero-order valence-electron chi connectivity index (χ0n) is 16.2. The zero-order chi connectivity index (χ0) is 22.6. The molecule has 0 aliphatic heterocycles. The van der Waals surface area contributed by atoms with Crippen LogP contribution in [0.5, 0.6) is 0 Å². The molecule has 4 atom stereocenters. The number of carboxylic acids is 1. The van der Waals surface area contributed by atoms with Gasteiger partial charge in [-0.2, -0.15) is 12.6 Å². The fraction of sp³-hybridized carbons (Fsp3) is 0.688. The molecule has 0 radical (unpaired) electrons. The molecule has 10 N–H and O–H groups in total. The van der Waals surface area contributed by atoms with E-state index < -0.39 is 60.2 Å². The molecule has 13 heteroatoms. The standard InChI is InChI=1S/C16H30N6O6S/c1-8(13(24)21-10(16(27)28)4-2-3-5-17)20-15(26)11(6-12(19)23)22-14(25)9(18)7-29/h8-11,29H,2-7,17-18H2,1H3,(H2,19,23)(H,20,26)(H,21,24)(H,22,25)(H,27,28). The van der Waals surface area contributed by atoms with Gasteiger partial charge >= 0.3 is 5.97 Å². The number of aliphatic carboxylic acids is 1. The lowest BCUT2D eigenvalue weighted by Crippen LogP contribution is -2.57. The van der Waals surface area contributed by atoms with E-state index in [0.717, 1.165) is 0 Å². The maximum Gasteiger partial charge on any atom is 0.326 e. The molecule has 0 aliphatic carbocycles. The topological polar surface area (TPSA) is 220 Å². The third-order valence-electron chi connectivity index (χ3n) is 3.89. The van der Waals surface area contributed by atoms with Crippen LogP contribution in [0.25, 0.3) is 0 Å². The second kappa shape index (κ2) is 13.7. The number of carboxylic acid groups (broad SMARTS) is 1. The van der Waals surface area contributed by atoms with E-state index in [4.69, 9.17) is 17.2 Å². The molecule has 0 saturated carbocycles. The molecule has 0 heterocycles. The van der Waals surface area contributed by atoms with Gasteiger partial charge in [-0.3, -0.25) is 19.2 Å². The third-order valence-corrected chi connectivity index (χ3v) is 4.28. The van der Waals surface area contributed by atoms with Gasteiger partial charge in [-0.25, -0.2) is 4.79 Å². The van der Waals surface area contributed by atoms with Crippen LogP contribution in [0.3, 0.4) is 0 Å². The Morgan fingerprint density at radius 2 is 1.55 bits per heavy atom. The minimum absolute atomic E-state index is 0.0102. The summed E-state index contributed by atoms with van der Waals surface area (Å²) in [6.07, 6.45) is 0.782. The molecule has 0 aromatic heterocycles. The van der Waals surface area contributed by atoms with Crippen molar-refractivity contribution in [3.05, 3.63) is 0 Å². The minimum atomic E-state index is -1.35. The second-order valence-corrected chi connectivity index (χ2v) is 6.80. The van der Waals surface area contributed by atoms with Gasteiger partial charge in [0.25, 0.3) is 0 Å². The molecular weight excluding hydrogens is 404 g/mol. The first-order valence-corrected chi connectivity index (χ1v) is 9.65. The number of nitrogens with one attached hydrogen (secondary N) is 3. The maximum absolute atomic E-state index is 12.4. The molecule has 0 aliphatic rings. The highest BCUT2D eigenvalue weighted by molar-refractivity contribution is 7.80. The summed E-state index contributed by atoms with van der Waals surface area (Å²) in [4.78, 5) is 58.9. The predicted molar refractivity (Wildman–Crippen MR) is 108 cm³/mol. The summed E-state index contributed by atoms with van der Waals surface area (Å²) >= 11 is 3.87. The summed E-state index contributed by atoms with van der Waals surface area (Å²) in [7, 11) is 0. The Balaban J connectivity index is 4.95. The molecule has 4 unspecified atom stereocenters. The van der Waals surface area contributed by atoms with Crippen LogP contribution >= 0.6 is 12.6 Å². The quantitative estimate of drug-likeness (QED) is 0.102. The van der Waals surface area contributed by atoms with E-state index in [9.17, 15) is 29.1 Å². The van der Waals surface area contributed by atoms with Gasteiger partial charge < -0.3 is 38.3 Å². The number of primary amides is 1. The highest BCUT2D eigenvalue weighted by Gasteiger charge is 2.28. The number of nitrogens with two attached hydrogens (primary N) is 3. The van der Waals surface area contributed by atoms with Crippen LogP contribution < -0.4 is 33.2 Å². The number of carbonyl (C=O) groups is 5. The first kappa shape index (κ1) is 26.6. The Labute approximate surface area is 174 Å². The van der Waals surface area contributed by atoms with Crippen molar-refractivity contribution in [1.82, 2.24) is 16.0 Å². The molecule has 0 bridgehead atoms. The van der Waals surface area contributed by atoms with E-state index >= 15 is 0 Å². The van der Waals surface area contributed by atoms with Crippen LogP contribution in [0, 0.1) is 0 Å². The number of amides is 4. The SMILES string of the molecule is CC(NC(=O)C(CC(N)=O)NC(=O)C(N)CS)C(=O)NC(CCCCN)C(=O)O. The van der Waals surface area contributed by atoms with Gasteiger partial charge in [-0.05, 0) is 32.7 Å². The Bertz CT molecular complexity index is 604. The molecule has 0 saturated heterocycles. The summed E-state index contributed by atoms with van der Waals surface area (Å²) in [6, 6.07) is -4.62. The van der Waals surface area contributed by atoms with Crippen molar-refractivity contribution in [2.24, 2.45) is 17.2 Å². The van der Waals surface area contributed by atoms with Crippen molar-refractivity contribution in [2.75, 3.05) is 12.3 Å². The smallest absolute Gasteiger partial charge is 0.326 e. The van der Waals surface area contributed by atoms with Crippen LogP contribution in [0.1, 0.15) is 32.6 Å². The largest absolute Gasteiger partial charge is 0.480 e. The molecule has 0 spiro atoms. The van der Waals surface area contributed by atoms with Crippen molar-refractivity contribution < 1.29 is 29.1 Å². The van der Waals surface area contributed by atoms with E-state index in [0.29, 0.717) is 19.4 Å². The van der Waals surface area contributed by atoms with Crippen LogP contribution in [0.4, 0.5) is 0 Å². The first-order valence-electron chi connectivity index (χ1n) is 9.02. The molecule has 166 valence electrons. The van der Waals surface area contributed by atoms with Crippen LogP contribution in [0.2, 0.25) is 0 Å². The first-order chi connectivity index (χ1) is 13.5. The monoisotopic (exact) mass is 434 g/mol. The number of hydrogen-bond acceptors (Lipinski definition) is 8. The molecule has 0 fully saturated rings. The second-order valence-electron chi connectivity index (χ2n) is 6.43. The minimum Gasteiger partial charge on any atom is -0.480 e. The third kappa shape index (κ3) is 10.7. The van der Waals surface area contributed by atoms with Gasteiger partial charge in [0.1, 0.15) is 18.1 Å². The van der Waals surface area contributed by atoms with Gasteiger partial charge in [0.05, 0.1) is 12.5 Å². The van der Waals surface area contributed by atoms with E-state index in [1.54, 1.807) is 0 Å². The Kier molecular flexibility index (Phi) is 12.6. The van der Waals surface area contributed by atoms with Crippen molar-refractivity contribution in [2.45, 2.75) is 56.8 Å². The Morgan fingerprint density at radius 3 is 2.03 bits per heavy atom. The Morgan fingerprint density at radius 1 is 0.966 bits per heavy atom. The molecule has 29 heavy (non-hydrogen) atoms. The van der Waals surface area contributed by atoms with Crippen molar-refractivity contribution in [1.29, 1.82) is 0 Å². The van der Waals surface area contributed by atoms with E-state index in [1.165, 1.54) is 6.92 Å². The maximum atomic E-state index is 12.4. The molecular formula is C16H30N6O6S. The average molecular weight is 435 g/mol. The zero-order valence-corrected chi connectivity index (χ0v) is 17.1. The van der Waals surface area contributed by atoms with Crippen molar-refractivity contribution in [3.8, 4) is 0 Å². The number of thiol groups is 1. The summed E-state index contributed by atoms with van der Waals surface area (Å²) in [6.45, 7) is 1.73. The van der Waals surface area contributed by atoms with Gasteiger partial charge in [0.2, 0.25) is 23.6 Å². The molecule has 0 rings (SSSR count). The highest BCUT2D eigenvalue weighted by atomic mass is 32.1. The van der Waals surface area contributed by atoms with E-state index in [2.05, 4.69) is 28.6 Å². The lowest BCUT2D eigenvalue weighted by molar-refractivity contribution is -0.142. The lowest BCUT2D eigenvalue weighted by atomic mass is 10.1. The summed E-state index contributed by atoms with van der Waals surface area (Å²) in [5.41, 5.74) is 16.0. The molecule has 0 aromatic carbocycles. The van der Waals surface area contributed by atoms with Gasteiger partial charge in [0.15, 0.2) is 0 Å². The number of hydrogen-bond donors (Lipinski definition) is 8. The van der Waals surface area contributed by atoms with Gasteiger partial charge in [0, 0.05) is 5.75 Å². The van der Waals surface area contributed by atoms with Crippen molar-refractivity contribution >= 4 is 42.2 Å². The summed E-state index contributed by atoms with van der Waals surface area (Å²) in [5, 5.41) is 16.1. The lowest BCUT2D eigenvalue weighted by Gasteiger charge is -2.22. The van der Waals surface area contributed by atoms with Crippen LogP contribution in [-0.2, 0) is 24.0 Å². The Hall–Kier alpha value is -2.38. The summed E-state index contributed by atoms with van der Waals surface area (Å²) < 4.78 is 0. The van der Waals surface area contributed by atoms with Gasteiger partial charge in [-0.15, -0.1) is 0 Å². The van der Waals surface area contributed by atoms with Crippen LogP contribution in [0.15, 0.2) is 0 Å². The fourth-order valence-electron chi connectivity index (χ4n) is 2.20. The summed E-state index contributed by atoms with van der Waals surface area (Å²) in [5.74, 6) is -4.36. The number of rotatable bonds is 14. The number of unbranched alkanes of at least 4 members (excludes halogenated alkanes) is 1. The predicted octanol–water partition coefficient (Wildman–Crippen LogP) is -3.19. The normalized spacial score (nSPS) is 14.8. The molecule has 0 aromatic rings. The molecule has 4 amide bonds. The van der Waals surface area contributed by atoms with Gasteiger partial charge in [-0.1, -0.05) is 0 Å². The van der Waals surface area contributed by atoms with Crippen molar-refractivity contribution in [3.63, 3.8) is 0 Å². The highest BCUT2D eigenvalue weighted by Crippen LogP contribution is 2.02. The molecule has 12 nitrogen and oxygen atoms in total. The fourth-order valence-corrected chi connectivity index (χ4v) is 2.36.